The summed E-state index contributed by atoms with van der Waals surface area (Å²) in [6.45, 7) is 1.51. The van der Waals surface area contributed by atoms with Gasteiger partial charge in [0.25, 0.3) is 5.91 Å². The van der Waals surface area contributed by atoms with Gasteiger partial charge in [0, 0.05) is 18.1 Å². The molecular weight excluding hydrogens is 392 g/mol. The van der Waals surface area contributed by atoms with Crippen LogP contribution in [0.15, 0.2) is 42.5 Å². The maximum Gasteiger partial charge on any atom is 0.306 e. The van der Waals surface area contributed by atoms with Gasteiger partial charge < -0.3 is 10.1 Å². The number of unbranched alkanes of at least 4 members (excludes halogenated alkanes) is 2. The lowest BCUT2D eigenvalue weighted by Gasteiger charge is -2.08. The van der Waals surface area contributed by atoms with E-state index in [1.165, 1.54) is 12.0 Å². The summed E-state index contributed by atoms with van der Waals surface area (Å²) in [6.07, 6.45) is 4.18. The van der Waals surface area contributed by atoms with Gasteiger partial charge in [-0.05, 0) is 30.5 Å². The SMILES string of the molecule is CCCCCc1ccc(C(=O)CCC(=O)OCC(=O)Nc2ccc(F)cc2F)cc1. The molecule has 0 atom stereocenters. The van der Waals surface area contributed by atoms with E-state index < -0.39 is 30.1 Å². The van der Waals surface area contributed by atoms with Crippen molar-refractivity contribution in [3.8, 4) is 0 Å². The first kappa shape index (κ1) is 23.2. The molecule has 1 amide bonds. The number of aryl methyl sites for hydroxylation is 1. The fourth-order valence-corrected chi connectivity index (χ4v) is 2.79. The Kier molecular flexibility index (Phi) is 9.12. The van der Waals surface area contributed by atoms with E-state index in [0.717, 1.165) is 31.4 Å². The van der Waals surface area contributed by atoms with E-state index in [1.807, 2.05) is 12.1 Å². The largest absolute Gasteiger partial charge is 0.456 e. The van der Waals surface area contributed by atoms with E-state index in [4.69, 9.17) is 4.74 Å². The van der Waals surface area contributed by atoms with Crippen LogP contribution in [0.4, 0.5) is 14.5 Å². The number of carbonyl (C=O) groups excluding carboxylic acids is 3. The van der Waals surface area contributed by atoms with Crippen LogP contribution in [0.1, 0.15) is 54.9 Å². The number of rotatable bonds is 11. The fraction of sp³-hybridized carbons (Fsp3) is 0.348. The van der Waals surface area contributed by atoms with Gasteiger partial charge in [-0.25, -0.2) is 8.78 Å². The van der Waals surface area contributed by atoms with Gasteiger partial charge in [0.05, 0.1) is 12.1 Å². The summed E-state index contributed by atoms with van der Waals surface area (Å²) in [5.74, 6) is -3.37. The lowest BCUT2D eigenvalue weighted by atomic mass is 10.0. The molecule has 0 heterocycles. The summed E-state index contributed by atoms with van der Waals surface area (Å²) in [5.41, 5.74) is 1.47. The first-order valence-electron chi connectivity index (χ1n) is 9.91. The molecule has 0 aliphatic rings. The number of esters is 1. The third kappa shape index (κ3) is 7.73. The molecule has 30 heavy (non-hydrogen) atoms. The van der Waals surface area contributed by atoms with Crippen molar-refractivity contribution in [3.05, 3.63) is 65.2 Å². The lowest BCUT2D eigenvalue weighted by molar-refractivity contribution is -0.147. The van der Waals surface area contributed by atoms with Gasteiger partial charge in [-0.2, -0.15) is 0 Å². The average Bonchev–Trinajstić information content (AvgIpc) is 2.73. The number of halogens is 2. The number of ketones is 1. The third-order valence-corrected chi connectivity index (χ3v) is 4.47. The van der Waals surface area contributed by atoms with Crippen molar-refractivity contribution in [1.29, 1.82) is 0 Å². The normalized spacial score (nSPS) is 10.5. The number of nitrogens with one attached hydrogen (secondary N) is 1. The van der Waals surface area contributed by atoms with E-state index in [-0.39, 0.29) is 24.3 Å². The molecule has 0 saturated heterocycles. The second kappa shape index (κ2) is 11.8. The van der Waals surface area contributed by atoms with Gasteiger partial charge >= 0.3 is 5.97 Å². The average molecular weight is 417 g/mol. The Labute approximate surface area is 174 Å². The van der Waals surface area contributed by atoms with Gasteiger partial charge in [0.2, 0.25) is 0 Å². The molecule has 5 nitrogen and oxygen atoms in total. The zero-order chi connectivity index (χ0) is 21.9. The van der Waals surface area contributed by atoms with Crippen LogP contribution in [0.25, 0.3) is 0 Å². The van der Waals surface area contributed by atoms with Crippen molar-refractivity contribution >= 4 is 23.3 Å². The third-order valence-electron chi connectivity index (χ3n) is 4.47. The van der Waals surface area contributed by atoms with Crippen molar-refractivity contribution in [2.75, 3.05) is 11.9 Å². The Morgan fingerprint density at radius 2 is 1.70 bits per heavy atom. The molecular formula is C23H25F2NO4. The van der Waals surface area contributed by atoms with Crippen LogP contribution in [0, 0.1) is 11.6 Å². The maximum atomic E-state index is 13.5. The minimum absolute atomic E-state index is 0.0395. The summed E-state index contributed by atoms with van der Waals surface area (Å²) in [6, 6.07) is 10.0. The second-order valence-corrected chi connectivity index (χ2v) is 6.91. The quantitative estimate of drug-likeness (QED) is 0.323. The van der Waals surface area contributed by atoms with Crippen molar-refractivity contribution in [2.24, 2.45) is 0 Å². The van der Waals surface area contributed by atoms with E-state index in [1.54, 1.807) is 12.1 Å². The van der Waals surface area contributed by atoms with Gasteiger partial charge in [-0.15, -0.1) is 0 Å². The van der Waals surface area contributed by atoms with Gasteiger partial charge in [-0.1, -0.05) is 44.0 Å². The Bertz CT molecular complexity index is 881. The van der Waals surface area contributed by atoms with E-state index in [0.29, 0.717) is 11.6 Å². The first-order chi connectivity index (χ1) is 14.4. The minimum atomic E-state index is -0.934. The molecule has 0 unspecified atom stereocenters. The highest BCUT2D eigenvalue weighted by molar-refractivity contribution is 5.98. The van der Waals surface area contributed by atoms with Crippen molar-refractivity contribution in [2.45, 2.75) is 45.4 Å². The van der Waals surface area contributed by atoms with Crippen LogP contribution < -0.4 is 5.32 Å². The molecule has 7 heteroatoms. The smallest absolute Gasteiger partial charge is 0.306 e. The molecule has 1 N–H and O–H groups in total. The Hall–Kier alpha value is -3.09. The van der Waals surface area contributed by atoms with Crippen molar-refractivity contribution < 1.29 is 27.9 Å². The van der Waals surface area contributed by atoms with Crippen molar-refractivity contribution in [1.82, 2.24) is 0 Å². The van der Waals surface area contributed by atoms with E-state index in [2.05, 4.69) is 12.2 Å². The number of benzene rings is 2. The molecule has 2 aromatic carbocycles. The number of Topliss-reactive ketones (excluding diaryl/α,β-unsaturated/α-hetero) is 1. The number of anilines is 1. The van der Waals surface area contributed by atoms with Crippen molar-refractivity contribution in [3.63, 3.8) is 0 Å². The van der Waals surface area contributed by atoms with Crippen LogP contribution >= 0.6 is 0 Å². The van der Waals surface area contributed by atoms with Crippen LogP contribution in [-0.4, -0.2) is 24.3 Å². The minimum Gasteiger partial charge on any atom is -0.456 e. The predicted octanol–water partition coefficient (Wildman–Crippen LogP) is 4.84. The summed E-state index contributed by atoms with van der Waals surface area (Å²) in [5, 5.41) is 2.18. The van der Waals surface area contributed by atoms with Gasteiger partial charge in [0.15, 0.2) is 12.4 Å². The molecule has 0 aliphatic heterocycles. The fourth-order valence-electron chi connectivity index (χ4n) is 2.79. The van der Waals surface area contributed by atoms with Crippen LogP contribution in [0.2, 0.25) is 0 Å². The monoisotopic (exact) mass is 417 g/mol. The number of carbonyl (C=O) groups is 3. The predicted molar refractivity (Wildman–Crippen MR) is 109 cm³/mol. The lowest BCUT2D eigenvalue weighted by Crippen LogP contribution is -2.21. The van der Waals surface area contributed by atoms with Crippen LogP contribution in [-0.2, 0) is 20.7 Å². The standard InChI is InChI=1S/C23H25F2NO4/c1-2-3-4-5-16-6-8-17(9-7-16)21(27)12-13-23(29)30-15-22(28)26-20-11-10-18(24)14-19(20)25/h6-11,14H,2-5,12-13,15H2,1H3,(H,26,28). The number of ether oxygens (including phenoxy) is 1. The number of hydrogen-bond acceptors (Lipinski definition) is 4. The Balaban J connectivity index is 1.72. The second-order valence-electron chi connectivity index (χ2n) is 6.91. The van der Waals surface area contributed by atoms with Crippen LogP contribution in [0.5, 0.6) is 0 Å². The number of hydrogen-bond donors (Lipinski definition) is 1. The topological polar surface area (TPSA) is 72.5 Å². The highest BCUT2D eigenvalue weighted by Gasteiger charge is 2.13. The summed E-state index contributed by atoms with van der Waals surface area (Å²) in [7, 11) is 0. The molecule has 0 fully saturated rings. The molecule has 0 radical (unpaired) electrons. The molecule has 2 aromatic rings. The van der Waals surface area contributed by atoms with Gasteiger partial charge in [0.1, 0.15) is 11.6 Å². The molecule has 0 bridgehead atoms. The highest BCUT2D eigenvalue weighted by Crippen LogP contribution is 2.15. The molecule has 160 valence electrons. The summed E-state index contributed by atoms with van der Waals surface area (Å²) in [4.78, 5) is 35.7. The Morgan fingerprint density at radius 1 is 0.967 bits per heavy atom. The first-order valence-corrected chi connectivity index (χ1v) is 9.91. The molecule has 0 aliphatic carbocycles. The maximum absolute atomic E-state index is 13.5. The number of amides is 1. The van der Waals surface area contributed by atoms with E-state index in [9.17, 15) is 23.2 Å². The Morgan fingerprint density at radius 3 is 2.37 bits per heavy atom. The highest BCUT2D eigenvalue weighted by atomic mass is 19.1. The zero-order valence-corrected chi connectivity index (χ0v) is 16.9. The summed E-state index contributed by atoms with van der Waals surface area (Å²) < 4.78 is 31.1. The molecule has 2 rings (SSSR count). The zero-order valence-electron chi connectivity index (χ0n) is 16.9. The van der Waals surface area contributed by atoms with Gasteiger partial charge in [-0.3, -0.25) is 14.4 Å². The van der Waals surface area contributed by atoms with E-state index >= 15 is 0 Å². The molecule has 0 spiro atoms. The molecule has 0 saturated carbocycles. The van der Waals surface area contributed by atoms with Crippen LogP contribution in [0.3, 0.4) is 0 Å². The summed E-state index contributed by atoms with van der Waals surface area (Å²) >= 11 is 0. The molecule has 0 aromatic heterocycles.